The molecule has 0 unspecified atom stereocenters. The van der Waals surface area contributed by atoms with Crippen molar-refractivity contribution >= 4 is 5.91 Å². The SMILES string of the molecule is CCn1nc(C(=O)NC2CCCC2)ccc1=O. The minimum absolute atomic E-state index is 0.176. The number of rotatable bonds is 3. The van der Waals surface area contributed by atoms with Gasteiger partial charge in [-0.25, -0.2) is 4.68 Å². The molecule has 1 aliphatic carbocycles. The lowest BCUT2D eigenvalue weighted by atomic mass is 10.2. The molecule has 0 aliphatic heterocycles. The monoisotopic (exact) mass is 235 g/mol. The minimum Gasteiger partial charge on any atom is -0.348 e. The molecule has 0 spiro atoms. The largest absolute Gasteiger partial charge is 0.348 e. The van der Waals surface area contributed by atoms with Crippen LogP contribution in [0.25, 0.3) is 0 Å². The second-order valence-corrected chi connectivity index (χ2v) is 4.33. The predicted molar refractivity (Wildman–Crippen MR) is 63.9 cm³/mol. The Bertz CT molecular complexity index is 461. The first kappa shape index (κ1) is 11.8. The summed E-state index contributed by atoms with van der Waals surface area (Å²) >= 11 is 0. The van der Waals surface area contributed by atoms with Crippen LogP contribution in [0.1, 0.15) is 43.1 Å². The smallest absolute Gasteiger partial charge is 0.271 e. The Morgan fingerprint density at radius 2 is 2.18 bits per heavy atom. The van der Waals surface area contributed by atoms with Gasteiger partial charge < -0.3 is 5.32 Å². The molecule has 1 fully saturated rings. The van der Waals surface area contributed by atoms with E-state index in [9.17, 15) is 9.59 Å². The van der Waals surface area contributed by atoms with E-state index in [1.807, 2.05) is 6.92 Å². The first-order valence-corrected chi connectivity index (χ1v) is 6.09. The van der Waals surface area contributed by atoms with E-state index in [1.165, 1.54) is 29.7 Å². The molecule has 92 valence electrons. The second kappa shape index (κ2) is 5.12. The minimum atomic E-state index is -0.181. The number of hydrogen-bond acceptors (Lipinski definition) is 3. The molecule has 17 heavy (non-hydrogen) atoms. The molecular formula is C12H17N3O2. The van der Waals surface area contributed by atoms with E-state index in [4.69, 9.17) is 0 Å². The Morgan fingerprint density at radius 1 is 1.47 bits per heavy atom. The van der Waals surface area contributed by atoms with Gasteiger partial charge in [0.1, 0.15) is 5.69 Å². The molecule has 1 aliphatic rings. The standard InChI is InChI=1S/C12H17N3O2/c1-2-15-11(16)8-7-10(14-15)12(17)13-9-5-3-4-6-9/h7-9H,2-6H2,1H3,(H,13,17). The van der Waals surface area contributed by atoms with Gasteiger partial charge in [0.05, 0.1) is 0 Å². The fraction of sp³-hybridized carbons (Fsp3) is 0.583. The zero-order chi connectivity index (χ0) is 12.3. The zero-order valence-electron chi connectivity index (χ0n) is 9.98. The molecule has 1 amide bonds. The van der Waals surface area contributed by atoms with Crippen molar-refractivity contribution < 1.29 is 4.79 Å². The van der Waals surface area contributed by atoms with Gasteiger partial charge in [0.15, 0.2) is 0 Å². The lowest BCUT2D eigenvalue weighted by Crippen LogP contribution is -2.35. The van der Waals surface area contributed by atoms with Gasteiger partial charge >= 0.3 is 0 Å². The zero-order valence-corrected chi connectivity index (χ0v) is 9.98. The van der Waals surface area contributed by atoms with Crippen molar-refractivity contribution in [2.24, 2.45) is 0 Å². The molecule has 1 aromatic rings. The van der Waals surface area contributed by atoms with Crippen LogP contribution in [-0.2, 0) is 6.54 Å². The molecule has 1 aromatic heterocycles. The summed E-state index contributed by atoms with van der Waals surface area (Å²) in [5.41, 5.74) is 0.142. The summed E-state index contributed by atoms with van der Waals surface area (Å²) in [6.07, 6.45) is 4.43. The third-order valence-corrected chi connectivity index (χ3v) is 3.09. The van der Waals surface area contributed by atoms with Gasteiger partial charge in [0.2, 0.25) is 0 Å². The molecule has 0 atom stereocenters. The van der Waals surface area contributed by atoms with Gasteiger partial charge in [-0.15, -0.1) is 0 Å². The second-order valence-electron chi connectivity index (χ2n) is 4.33. The first-order chi connectivity index (χ1) is 8.20. The van der Waals surface area contributed by atoms with Crippen molar-refractivity contribution in [3.8, 4) is 0 Å². The molecule has 1 heterocycles. The highest BCUT2D eigenvalue weighted by atomic mass is 16.2. The highest BCUT2D eigenvalue weighted by Gasteiger charge is 2.18. The van der Waals surface area contributed by atoms with Gasteiger partial charge in [-0.05, 0) is 25.8 Å². The number of aryl methyl sites for hydroxylation is 1. The summed E-state index contributed by atoms with van der Waals surface area (Å²) in [6, 6.07) is 3.14. The molecule has 0 saturated heterocycles. The van der Waals surface area contributed by atoms with Crippen LogP contribution in [0.4, 0.5) is 0 Å². The first-order valence-electron chi connectivity index (χ1n) is 6.09. The summed E-state index contributed by atoms with van der Waals surface area (Å²) in [6.45, 7) is 2.30. The molecule has 0 bridgehead atoms. The topological polar surface area (TPSA) is 64.0 Å². The number of amides is 1. The maximum Gasteiger partial charge on any atom is 0.271 e. The Kier molecular flexibility index (Phi) is 3.56. The number of aromatic nitrogens is 2. The van der Waals surface area contributed by atoms with Crippen molar-refractivity contribution in [1.29, 1.82) is 0 Å². The fourth-order valence-electron chi connectivity index (χ4n) is 2.13. The molecule has 0 aromatic carbocycles. The van der Waals surface area contributed by atoms with Crippen LogP contribution in [0.15, 0.2) is 16.9 Å². The van der Waals surface area contributed by atoms with Gasteiger partial charge in [-0.2, -0.15) is 5.10 Å². The Morgan fingerprint density at radius 3 is 2.82 bits per heavy atom. The van der Waals surface area contributed by atoms with Crippen LogP contribution in [0.2, 0.25) is 0 Å². The molecular weight excluding hydrogens is 218 g/mol. The van der Waals surface area contributed by atoms with Crippen LogP contribution < -0.4 is 10.9 Å². The third-order valence-electron chi connectivity index (χ3n) is 3.09. The molecule has 1 N–H and O–H groups in total. The molecule has 5 heteroatoms. The average Bonchev–Trinajstić information content (AvgIpc) is 2.82. The van der Waals surface area contributed by atoms with Crippen LogP contribution >= 0.6 is 0 Å². The van der Waals surface area contributed by atoms with Crippen molar-refractivity contribution in [1.82, 2.24) is 15.1 Å². The third kappa shape index (κ3) is 2.72. The number of hydrogen-bond donors (Lipinski definition) is 1. The van der Waals surface area contributed by atoms with Crippen LogP contribution in [0, 0.1) is 0 Å². The summed E-state index contributed by atoms with van der Waals surface area (Å²) < 4.78 is 1.30. The van der Waals surface area contributed by atoms with Crippen molar-refractivity contribution in [2.45, 2.75) is 45.2 Å². The van der Waals surface area contributed by atoms with E-state index < -0.39 is 0 Å². The lowest BCUT2D eigenvalue weighted by Gasteiger charge is -2.11. The Hall–Kier alpha value is -1.65. The van der Waals surface area contributed by atoms with E-state index in [-0.39, 0.29) is 17.5 Å². The van der Waals surface area contributed by atoms with E-state index in [1.54, 1.807) is 0 Å². The summed E-state index contributed by atoms with van der Waals surface area (Å²) in [7, 11) is 0. The number of nitrogens with zero attached hydrogens (tertiary/aromatic N) is 2. The van der Waals surface area contributed by atoms with E-state index in [0.29, 0.717) is 12.2 Å². The number of carbonyl (C=O) groups excluding carboxylic acids is 1. The molecule has 0 radical (unpaired) electrons. The normalized spacial score (nSPS) is 16.1. The lowest BCUT2D eigenvalue weighted by molar-refractivity contribution is 0.0930. The maximum absolute atomic E-state index is 11.9. The van der Waals surface area contributed by atoms with Crippen LogP contribution in [0.3, 0.4) is 0 Å². The number of nitrogens with one attached hydrogen (secondary N) is 1. The van der Waals surface area contributed by atoms with Crippen LogP contribution in [-0.4, -0.2) is 21.7 Å². The van der Waals surface area contributed by atoms with E-state index in [2.05, 4.69) is 10.4 Å². The molecule has 5 nitrogen and oxygen atoms in total. The quantitative estimate of drug-likeness (QED) is 0.847. The molecule has 1 saturated carbocycles. The van der Waals surface area contributed by atoms with Crippen molar-refractivity contribution in [3.05, 3.63) is 28.2 Å². The van der Waals surface area contributed by atoms with Crippen molar-refractivity contribution in [3.63, 3.8) is 0 Å². The van der Waals surface area contributed by atoms with Gasteiger partial charge in [-0.1, -0.05) is 12.8 Å². The van der Waals surface area contributed by atoms with Crippen molar-refractivity contribution in [2.75, 3.05) is 0 Å². The summed E-state index contributed by atoms with van der Waals surface area (Å²) in [4.78, 5) is 23.2. The summed E-state index contributed by atoms with van der Waals surface area (Å²) in [5.74, 6) is -0.181. The van der Waals surface area contributed by atoms with E-state index >= 15 is 0 Å². The fourth-order valence-corrected chi connectivity index (χ4v) is 2.13. The molecule has 2 rings (SSSR count). The number of carbonyl (C=O) groups is 1. The highest BCUT2D eigenvalue weighted by molar-refractivity contribution is 5.92. The Labute approximate surface area is 99.8 Å². The highest BCUT2D eigenvalue weighted by Crippen LogP contribution is 2.17. The van der Waals surface area contributed by atoms with Crippen LogP contribution in [0.5, 0.6) is 0 Å². The summed E-state index contributed by atoms with van der Waals surface area (Å²) in [5, 5.41) is 6.97. The Balaban J connectivity index is 2.10. The van der Waals surface area contributed by atoms with Gasteiger partial charge in [0, 0.05) is 18.7 Å². The maximum atomic E-state index is 11.9. The van der Waals surface area contributed by atoms with E-state index in [0.717, 1.165) is 12.8 Å². The average molecular weight is 235 g/mol. The van der Waals surface area contributed by atoms with Gasteiger partial charge in [-0.3, -0.25) is 9.59 Å². The van der Waals surface area contributed by atoms with Gasteiger partial charge in [0.25, 0.3) is 11.5 Å². The predicted octanol–water partition coefficient (Wildman–Crippen LogP) is 0.936.